The lowest BCUT2D eigenvalue weighted by molar-refractivity contribution is 0.395. The van der Waals surface area contributed by atoms with Gasteiger partial charge in [-0.2, -0.15) is 0 Å². The Bertz CT molecular complexity index is 561. The molecule has 7 heteroatoms. The van der Waals surface area contributed by atoms with Gasteiger partial charge in [-0.15, -0.1) is 0 Å². The van der Waals surface area contributed by atoms with Crippen molar-refractivity contribution < 1.29 is 13.2 Å². The summed E-state index contributed by atoms with van der Waals surface area (Å²) in [6, 6.07) is 2.94. The second-order valence-electron chi connectivity index (χ2n) is 4.56. The van der Waals surface area contributed by atoms with Gasteiger partial charge in [0.15, 0.2) is 0 Å². The van der Waals surface area contributed by atoms with E-state index in [-0.39, 0.29) is 10.9 Å². The van der Waals surface area contributed by atoms with Crippen LogP contribution in [0.25, 0.3) is 0 Å². The molecule has 1 unspecified atom stereocenters. The summed E-state index contributed by atoms with van der Waals surface area (Å²) < 4.78 is 32.7. The fourth-order valence-corrected chi connectivity index (χ4v) is 3.66. The minimum atomic E-state index is -3.66. The van der Waals surface area contributed by atoms with Gasteiger partial charge in [0.2, 0.25) is 10.0 Å². The van der Waals surface area contributed by atoms with E-state index in [1.54, 1.807) is 13.1 Å². The van der Waals surface area contributed by atoms with Crippen molar-refractivity contribution in [2.75, 3.05) is 14.2 Å². The summed E-state index contributed by atoms with van der Waals surface area (Å²) in [5.74, 6) is 0.319. The molecular formula is C13H21ClN2O3S. The molecule has 0 spiro atoms. The van der Waals surface area contributed by atoms with Gasteiger partial charge < -0.3 is 10.1 Å². The molecule has 1 atom stereocenters. The number of methoxy groups -OCH3 is 1. The molecule has 0 amide bonds. The zero-order chi connectivity index (χ0) is 15.3. The number of halogens is 1. The maximum Gasteiger partial charge on any atom is 0.244 e. The van der Waals surface area contributed by atoms with Crippen molar-refractivity contribution in [1.29, 1.82) is 0 Å². The number of ether oxygens (including phenoxy) is 1. The van der Waals surface area contributed by atoms with E-state index in [0.29, 0.717) is 29.3 Å². The van der Waals surface area contributed by atoms with Gasteiger partial charge >= 0.3 is 0 Å². The highest BCUT2D eigenvalue weighted by atomic mass is 35.5. The smallest absolute Gasteiger partial charge is 0.244 e. The first-order chi connectivity index (χ1) is 9.35. The second-order valence-corrected chi connectivity index (χ2v) is 6.68. The normalized spacial score (nSPS) is 13.2. The van der Waals surface area contributed by atoms with E-state index in [9.17, 15) is 8.42 Å². The van der Waals surface area contributed by atoms with Crippen molar-refractivity contribution in [2.45, 2.75) is 37.8 Å². The van der Waals surface area contributed by atoms with E-state index in [1.165, 1.54) is 13.2 Å². The molecule has 114 valence electrons. The summed E-state index contributed by atoms with van der Waals surface area (Å²) >= 11 is 6.02. The molecule has 0 aromatic heterocycles. The Labute approximate surface area is 125 Å². The molecule has 0 aliphatic carbocycles. The minimum absolute atomic E-state index is 0.0676. The first-order valence-corrected chi connectivity index (χ1v) is 8.25. The molecule has 0 saturated carbocycles. The summed E-state index contributed by atoms with van der Waals surface area (Å²) in [5, 5.41) is 3.32. The number of hydrogen-bond donors (Lipinski definition) is 2. The van der Waals surface area contributed by atoms with E-state index in [4.69, 9.17) is 16.3 Å². The molecule has 1 rings (SSSR count). The van der Waals surface area contributed by atoms with Crippen molar-refractivity contribution in [3.8, 4) is 5.75 Å². The number of hydrogen-bond acceptors (Lipinski definition) is 4. The van der Waals surface area contributed by atoms with Crippen LogP contribution in [0.1, 0.15) is 25.8 Å². The highest BCUT2D eigenvalue weighted by Gasteiger charge is 2.24. The van der Waals surface area contributed by atoms with Crippen LogP contribution in [-0.2, 0) is 16.6 Å². The van der Waals surface area contributed by atoms with Crippen LogP contribution >= 0.6 is 11.6 Å². The van der Waals surface area contributed by atoms with E-state index < -0.39 is 10.0 Å². The predicted octanol–water partition coefficient (Wildman–Crippen LogP) is 2.14. The molecule has 0 aliphatic rings. The van der Waals surface area contributed by atoms with Gasteiger partial charge in [0, 0.05) is 23.2 Å². The average molecular weight is 321 g/mol. The van der Waals surface area contributed by atoms with Crippen LogP contribution in [0.5, 0.6) is 5.75 Å². The monoisotopic (exact) mass is 320 g/mol. The Morgan fingerprint density at radius 3 is 2.55 bits per heavy atom. The first kappa shape index (κ1) is 17.2. The largest absolute Gasteiger partial charge is 0.495 e. The molecule has 0 bridgehead atoms. The Morgan fingerprint density at radius 1 is 1.40 bits per heavy atom. The summed E-state index contributed by atoms with van der Waals surface area (Å²) in [7, 11) is -0.446. The van der Waals surface area contributed by atoms with E-state index in [0.717, 1.165) is 0 Å². The van der Waals surface area contributed by atoms with Crippen molar-refractivity contribution in [3.05, 3.63) is 22.7 Å². The molecule has 5 nitrogen and oxygen atoms in total. The van der Waals surface area contributed by atoms with Crippen LogP contribution in [0.3, 0.4) is 0 Å². The molecule has 0 aliphatic heterocycles. The van der Waals surface area contributed by atoms with Gasteiger partial charge in [-0.05, 0) is 32.5 Å². The molecule has 0 fully saturated rings. The maximum atomic E-state index is 12.4. The highest BCUT2D eigenvalue weighted by molar-refractivity contribution is 7.89. The maximum absolute atomic E-state index is 12.4. The molecule has 1 aromatic rings. The quantitative estimate of drug-likeness (QED) is 0.808. The van der Waals surface area contributed by atoms with Crippen molar-refractivity contribution in [1.82, 2.24) is 10.0 Å². The topological polar surface area (TPSA) is 67.4 Å². The van der Waals surface area contributed by atoms with Gasteiger partial charge in [0.05, 0.1) is 7.11 Å². The summed E-state index contributed by atoms with van der Waals surface area (Å²) in [5.41, 5.74) is 0.701. The third kappa shape index (κ3) is 4.09. The molecule has 1 aromatic carbocycles. The molecular weight excluding hydrogens is 300 g/mol. The van der Waals surface area contributed by atoms with Gasteiger partial charge in [0.1, 0.15) is 10.6 Å². The van der Waals surface area contributed by atoms with Crippen LogP contribution in [0.2, 0.25) is 5.02 Å². The van der Waals surface area contributed by atoms with E-state index in [1.807, 2.05) is 13.8 Å². The van der Waals surface area contributed by atoms with Crippen LogP contribution < -0.4 is 14.8 Å². The lowest BCUT2D eigenvalue weighted by Crippen LogP contribution is -2.32. The van der Waals surface area contributed by atoms with Gasteiger partial charge in [0.25, 0.3) is 0 Å². The summed E-state index contributed by atoms with van der Waals surface area (Å²) in [4.78, 5) is 0.0676. The number of rotatable bonds is 7. The molecule has 20 heavy (non-hydrogen) atoms. The second kappa shape index (κ2) is 7.26. The lowest BCUT2D eigenvalue weighted by atomic mass is 10.2. The minimum Gasteiger partial charge on any atom is -0.495 e. The zero-order valence-electron chi connectivity index (χ0n) is 12.2. The SMILES string of the molecule is CCC(C)NS(=O)(=O)c1cc(Cl)cc(CNC)c1OC. The fraction of sp³-hybridized carbons (Fsp3) is 0.538. The Kier molecular flexibility index (Phi) is 6.26. The summed E-state index contributed by atoms with van der Waals surface area (Å²) in [6.07, 6.45) is 0.700. The number of benzene rings is 1. The Morgan fingerprint density at radius 2 is 2.05 bits per heavy atom. The van der Waals surface area contributed by atoms with Crippen molar-refractivity contribution in [2.24, 2.45) is 0 Å². The first-order valence-electron chi connectivity index (χ1n) is 6.39. The Hall–Kier alpha value is -0.820. The van der Waals surface area contributed by atoms with Crippen LogP contribution in [0.4, 0.5) is 0 Å². The van der Waals surface area contributed by atoms with E-state index >= 15 is 0 Å². The highest BCUT2D eigenvalue weighted by Crippen LogP contribution is 2.31. The third-order valence-corrected chi connectivity index (χ3v) is 4.74. The number of nitrogens with one attached hydrogen (secondary N) is 2. The van der Waals surface area contributed by atoms with Crippen molar-refractivity contribution in [3.63, 3.8) is 0 Å². The van der Waals surface area contributed by atoms with Crippen molar-refractivity contribution >= 4 is 21.6 Å². The molecule has 0 heterocycles. The summed E-state index contributed by atoms with van der Waals surface area (Å²) in [6.45, 7) is 4.19. The molecule has 0 saturated heterocycles. The van der Waals surface area contributed by atoms with Crippen LogP contribution in [0.15, 0.2) is 17.0 Å². The average Bonchev–Trinajstić information content (AvgIpc) is 2.38. The zero-order valence-corrected chi connectivity index (χ0v) is 13.7. The third-order valence-electron chi connectivity index (χ3n) is 2.93. The van der Waals surface area contributed by atoms with E-state index in [2.05, 4.69) is 10.0 Å². The van der Waals surface area contributed by atoms with Crippen LogP contribution in [-0.4, -0.2) is 28.6 Å². The fourth-order valence-electron chi connectivity index (χ4n) is 1.79. The van der Waals surface area contributed by atoms with Crippen LogP contribution in [0, 0.1) is 0 Å². The molecule has 2 N–H and O–H groups in total. The standard InChI is InChI=1S/C13H21ClN2O3S/c1-5-9(2)16-20(17,18)12-7-11(14)6-10(8-15-3)13(12)19-4/h6-7,9,15-16H,5,8H2,1-4H3. The lowest BCUT2D eigenvalue weighted by Gasteiger charge is -2.17. The van der Waals surface area contributed by atoms with Gasteiger partial charge in [-0.25, -0.2) is 13.1 Å². The van der Waals surface area contributed by atoms with Gasteiger partial charge in [-0.3, -0.25) is 0 Å². The van der Waals surface area contributed by atoms with Gasteiger partial charge in [-0.1, -0.05) is 18.5 Å². The molecule has 0 radical (unpaired) electrons. The number of sulfonamides is 1. The Balaban J connectivity index is 3.35. The predicted molar refractivity (Wildman–Crippen MR) is 80.8 cm³/mol.